The molecule has 200 valence electrons. The Hall–Kier alpha value is -2.71. The van der Waals surface area contributed by atoms with Gasteiger partial charge in [-0.3, -0.25) is 4.79 Å². The highest BCUT2D eigenvalue weighted by atomic mass is 35.5. The first-order chi connectivity index (χ1) is 17.3. The lowest BCUT2D eigenvalue weighted by molar-refractivity contribution is -0.138. The van der Waals surface area contributed by atoms with Gasteiger partial charge in [0.2, 0.25) is 0 Å². The summed E-state index contributed by atoms with van der Waals surface area (Å²) in [7, 11) is 0. The Kier molecular flexibility index (Phi) is 7.81. The average molecular weight is 535 g/mol. The van der Waals surface area contributed by atoms with Crippen molar-refractivity contribution in [1.29, 1.82) is 0 Å². The van der Waals surface area contributed by atoms with E-state index < -0.39 is 35.4 Å². The van der Waals surface area contributed by atoms with Crippen LogP contribution in [0, 0.1) is 17.8 Å². The second kappa shape index (κ2) is 10.6. The van der Waals surface area contributed by atoms with Crippen LogP contribution >= 0.6 is 11.6 Å². The fourth-order valence-electron chi connectivity index (χ4n) is 5.53. The second-order valence-electron chi connectivity index (χ2n) is 11.0. The Morgan fingerprint density at radius 3 is 2.00 bits per heavy atom. The predicted molar refractivity (Wildman–Crippen MR) is 137 cm³/mol. The molecular formula is C28H33ClF2N2O4. The number of halogens is 3. The molecule has 2 aromatic carbocycles. The third-order valence-corrected chi connectivity index (χ3v) is 7.39. The minimum atomic E-state index is -3.54. The van der Waals surface area contributed by atoms with Gasteiger partial charge in [-0.2, -0.15) is 8.78 Å². The number of amides is 1. The Balaban J connectivity index is 1.39. The standard InChI is InChI=1S/C28H33ClF2N2O4/c1-27(2,3)37-26(35)33-20-14-16-4-5-17(15-20)23(16)24(34)25(32)28(30,31)18-6-10-21(11-7-18)36-22-12-8-19(29)9-13-22/h6-13,16-17,20,23,25H,4-5,14-15,32H2,1-3H3,(H,33,35). The third-order valence-electron chi connectivity index (χ3n) is 7.13. The van der Waals surface area contributed by atoms with Crippen molar-refractivity contribution in [3.63, 3.8) is 0 Å². The summed E-state index contributed by atoms with van der Waals surface area (Å²) in [6, 6.07) is 9.87. The summed E-state index contributed by atoms with van der Waals surface area (Å²) in [5.74, 6) is -3.99. The number of carbonyl (C=O) groups excluding carboxylic acids is 2. The van der Waals surface area contributed by atoms with Gasteiger partial charge in [-0.05, 0) is 107 Å². The van der Waals surface area contributed by atoms with Crippen molar-refractivity contribution in [2.45, 2.75) is 70.1 Å². The lowest BCUT2D eigenvalue weighted by atomic mass is 9.72. The molecule has 0 heterocycles. The molecule has 37 heavy (non-hydrogen) atoms. The molecule has 2 aromatic rings. The number of fused-ring (bicyclic) bond motifs is 2. The van der Waals surface area contributed by atoms with E-state index in [-0.39, 0.29) is 23.4 Å². The van der Waals surface area contributed by atoms with Crippen LogP contribution < -0.4 is 15.8 Å². The highest BCUT2D eigenvalue weighted by Crippen LogP contribution is 2.49. The summed E-state index contributed by atoms with van der Waals surface area (Å²) in [4.78, 5) is 25.5. The third kappa shape index (κ3) is 6.41. The number of hydrogen-bond acceptors (Lipinski definition) is 5. The van der Waals surface area contributed by atoms with E-state index in [4.69, 9.17) is 26.8 Å². The number of hydrogen-bond donors (Lipinski definition) is 2. The molecule has 3 atom stereocenters. The molecule has 1 amide bonds. The molecule has 2 bridgehead atoms. The van der Waals surface area contributed by atoms with E-state index in [1.165, 1.54) is 24.3 Å². The molecule has 2 aliphatic rings. The van der Waals surface area contributed by atoms with Gasteiger partial charge in [-0.15, -0.1) is 0 Å². The minimum absolute atomic E-state index is 0.0943. The van der Waals surface area contributed by atoms with Crippen LogP contribution in [-0.4, -0.2) is 29.6 Å². The first kappa shape index (κ1) is 27.3. The summed E-state index contributed by atoms with van der Waals surface area (Å²) >= 11 is 5.87. The number of nitrogens with two attached hydrogens (primary N) is 1. The van der Waals surface area contributed by atoms with Gasteiger partial charge in [0.15, 0.2) is 5.78 Å². The molecule has 6 nitrogen and oxygen atoms in total. The molecule has 9 heteroatoms. The second-order valence-corrected chi connectivity index (χ2v) is 11.5. The van der Waals surface area contributed by atoms with Gasteiger partial charge in [-0.1, -0.05) is 11.6 Å². The van der Waals surface area contributed by atoms with Crippen LogP contribution in [0.15, 0.2) is 48.5 Å². The van der Waals surface area contributed by atoms with Crippen molar-refractivity contribution in [3.05, 3.63) is 59.1 Å². The fourth-order valence-corrected chi connectivity index (χ4v) is 5.66. The first-order valence-corrected chi connectivity index (χ1v) is 12.9. The molecule has 0 radical (unpaired) electrons. The van der Waals surface area contributed by atoms with Crippen molar-refractivity contribution in [2.75, 3.05) is 0 Å². The highest BCUT2D eigenvalue weighted by Gasteiger charge is 2.52. The number of Topliss-reactive ketones (excluding diaryl/α,β-unsaturated/α-hetero) is 1. The van der Waals surface area contributed by atoms with Crippen molar-refractivity contribution < 1.29 is 27.8 Å². The van der Waals surface area contributed by atoms with E-state index in [9.17, 15) is 9.59 Å². The SMILES string of the molecule is CC(C)(C)OC(=O)NC1CC2CCC(C1)C2C(=O)C(N)C(F)(F)c1ccc(Oc2ccc(Cl)cc2)cc1. The summed E-state index contributed by atoms with van der Waals surface area (Å²) in [5, 5.41) is 3.43. The molecule has 0 spiro atoms. The van der Waals surface area contributed by atoms with Crippen molar-refractivity contribution >= 4 is 23.5 Å². The van der Waals surface area contributed by atoms with Crippen molar-refractivity contribution in [1.82, 2.24) is 5.32 Å². The maximum Gasteiger partial charge on any atom is 0.407 e. The van der Waals surface area contributed by atoms with Gasteiger partial charge in [0.05, 0.1) is 0 Å². The van der Waals surface area contributed by atoms with Crippen LogP contribution in [-0.2, 0) is 15.5 Å². The Labute approximate surface area is 220 Å². The lowest BCUT2D eigenvalue weighted by Crippen LogP contribution is -2.52. The quantitative estimate of drug-likeness (QED) is 0.426. The monoisotopic (exact) mass is 534 g/mol. The Bertz CT molecular complexity index is 1100. The van der Waals surface area contributed by atoms with Crippen molar-refractivity contribution in [3.8, 4) is 11.5 Å². The van der Waals surface area contributed by atoms with Crippen LogP contribution in [0.25, 0.3) is 0 Å². The van der Waals surface area contributed by atoms with Gasteiger partial charge in [-0.25, -0.2) is 4.79 Å². The van der Waals surface area contributed by atoms with E-state index >= 15 is 8.78 Å². The van der Waals surface area contributed by atoms with E-state index in [2.05, 4.69) is 5.32 Å². The number of benzene rings is 2. The van der Waals surface area contributed by atoms with Gasteiger partial charge in [0.25, 0.3) is 5.92 Å². The van der Waals surface area contributed by atoms with E-state index in [0.29, 0.717) is 29.4 Å². The van der Waals surface area contributed by atoms with Gasteiger partial charge < -0.3 is 20.5 Å². The molecule has 2 aliphatic carbocycles. The molecule has 0 aliphatic heterocycles. The first-order valence-electron chi connectivity index (χ1n) is 12.5. The van der Waals surface area contributed by atoms with E-state index in [1.807, 2.05) is 0 Å². The fraction of sp³-hybridized carbons (Fsp3) is 0.500. The zero-order valence-corrected chi connectivity index (χ0v) is 21.9. The van der Waals surface area contributed by atoms with E-state index in [0.717, 1.165) is 12.8 Å². The Morgan fingerprint density at radius 1 is 0.973 bits per heavy atom. The van der Waals surface area contributed by atoms with Crippen LogP contribution in [0.3, 0.4) is 0 Å². The number of alkyl halides is 2. The summed E-state index contributed by atoms with van der Waals surface area (Å²) < 4.78 is 41.7. The lowest BCUT2D eigenvalue weighted by Gasteiger charge is -2.37. The molecule has 0 saturated heterocycles. The summed E-state index contributed by atoms with van der Waals surface area (Å²) in [5.41, 5.74) is 4.98. The number of alkyl carbamates (subject to hydrolysis) is 1. The van der Waals surface area contributed by atoms with Crippen molar-refractivity contribution in [2.24, 2.45) is 23.5 Å². The van der Waals surface area contributed by atoms with Gasteiger partial charge in [0, 0.05) is 22.5 Å². The number of carbonyl (C=O) groups is 2. The highest BCUT2D eigenvalue weighted by molar-refractivity contribution is 6.30. The van der Waals surface area contributed by atoms with Gasteiger partial charge >= 0.3 is 6.09 Å². The van der Waals surface area contributed by atoms with Crippen LogP contribution in [0.4, 0.5) is 13.6 Å². The van der Waals surface area contributed by atoms with Crippen LogP contribution in [0.2, 0.25) is 5.02 Å². The molecule has 3 unspecified atom stereocenters. The van der Waals surface area contributed by atoms with Gasteiger partial charge in [0.1, 0.15) is 23.1 Å². The molecular weight excluding hydrogens is 502 g/mol. The summed E-state index contributed by atoms with van der Waals surface area (Å²) in [6.45, 7) is 5.36. The number of ketones is 1. The molecule has 2 fully saturated rings. The van der Waals surface area contributed by atoms with Crippen LogP contribution in [0.1, 0.15) is 52.0 Å². The number of nitrogens with one attached hydrogen (secondary N) is 1. The zero-order chi connectivity index (χ0) is 27.0. The molecule has 2 saturated carbocycles. The smallest absolute Gasteiger partial charge is 0.407 e. The minimum Gasteiger partial charge on any atom is -0.457 e. The topological polar surface area (TPSA) is 90.7 Å². The Morgan fingerprint density at radius 2 is 1.49 bits per heavy atom. The maximum atomic E-state index is 15.4. The molecule has 4 rings (SSSR count). The predicted octanol–water partition coefficient (Wildman–Crippen LogP) is 6.45. The normalized spacial score (nSPS) is 24.3. The number of rotatable bonds is 7. The van der Waals surface area contributed by atoms with Crippen LogP contribution in [0.5, 0.6) is 11.5 Å². The maximum absolute atomic E-state index is 15.4. The molecule has 3 N–H and O–H groups in total. The summed E-state index contributed by atoms with van der Waals surface area (Å²) in [6.07, 6.45) is 2.08. The number of ether oxygens (including phenoxy) is 2. The molecule has 0 aromatic heterocycles. The van der Waals surface area contributed by atoms with E-state index in [1.54, 1.807) is 45.0 Å². The largest absolute Gasteiger partial charge is 0.457 e. The average Bonchev–Trinajstić information content (AvgIpc) is 3.09. The zero-order valence-electron chi connectivity index (χ0n) is 21.2.